The Morgan fingerprint density at radius 3 is 2.41 bits per heavy atom. The van der Waals surface area contributed by atoms with Crippen LogP contribution in [0.5, 0.6) is 0 Å². The number of aromatic nitrogens is 2. The number of nitrogens with zero attached hydrogens (tertiary/aromatic N) is 3. The van der Waals surface area contributed by atoms with E-state index in [1.165, 1.54) is 11.3 Å². The Bertz CT molecular complexity index is 997. The van der Waals surface area contributed by atoms with Crippen LogP contribution in [0.15, 0.2) is 36.4 Å². The van der Waals surface area contributed by atoms with E-state index in [2.05, 4.69) is 5.10 Å². The third kappa shape index (κ3) is 4.67. The molecule has 3 rings (SSSR count). The molecule has 0 spiro atoms. The van der Waals surface area contributed by atoms with Crippen LogP contribution < -0.4 is 0 Å². The number of hydrogen-bond acceptors (Lipinski definition) is 5. The van der Waals surface area contributed by atoms with E-state index in [1.807, 2.05) is 69.6 Å². The van der Waals surface area contributed by atoms with Crippen molar-refractivity contribution in [2.45, 2.75) is 53.2 Å². The molecule has 0 fully saturated rings. The van der Waals surface area contributed by atoms with Crippen molar-refractivity contribution < 1.29 is 14.3 Å². The molecule has 0 aliphatic heterocycles. The molecule has 0 N–H and O–H groups in total. The average molecular weight is 414 g/mol. The Morgan fingerprint density at radius 1 is 1.14 bits per heavy atom. The average Bonchev–Trinajstić information content (AvgIpc) is 3.22. The lowest BCUT2D eigenvalue weighted by molar-refractivity contribution is -0.138. The van der Waals surface area contributed by atoms with Crippen molar-refractivity contribution in [3.8, 4) is 0 Å². The lowest BCUT2D eigenvalue weighted by Crippen LogP contribution is -2.44. The van der Waals surface area contributed by atoms with Gasteiger partial charge in [-0.05, 0) is 46.2 Å². The van der Waals surface area contributed by atoms with Crippen LogP contribution in [0.2, 0.25) is 0 Å². The van der Waals surface area contributed by atoms with Gasteiger partial charge in [-0.3, -0.25) is 9.48 Å². The molecule has 0 radical (unpaired) electrons. The van der Waals surface area contributed by atoms with E-state index in [0.29, 0.717) is 11.4 Å². The standard InChI is InChI=1S/C22H27N3O3S/c1-14(2)25(15(3)4)20(26)13-28-22(27)19-11-18-16(5)23-24(21(18)29-19)12-17-9-7-6-8-10-17/h6-11,14-15H,12-13H2,1-5H3. The van der Waals surface area contributed by atoms with Crippen LogP contribution in [-0.2, 0) is 16.1 Å². The highest BCUT2D eigenvalue weighted by atomic mass is 32.1. The second-order valence-electron chi connectivity index (χ2n) is 7.62. The number of amides is 1. The molecule has 0 aliphatic rings. The van der Waals surface area contributed by atoms with Crippen molar-refractivity contribution in [3.05, 3.63) is 52.5 Å². The van der Waals surface area contributed by atoms with Crippen LogP contribution in [-0.4, -0.2) is 45.2 Å². The van der Waals surface area contributed by atoms with Crippen LogP contribution >= 0.6 is 11.3 Å². The highest BCUT2D eigenvalue weighted by Crippen LogP contribution is 2.29. The predicted molar refractivity (Wildman–Crippen MR) is 115 cm³/mol. The normalized spacial score (nSPS) is 11.4. The van der Waals surface area contributed by atoms with Gasteiger partial charge < -0.3 is 9.64 Å². The van der Waals surface area contributed by atoms with Gasteiger partial charge in [-0.25, -0.2) is 4.79 Å². The van der Waals surface area contributed by atoms with Gasteiger partial charge in [-0.1, -0.05) is 30.3 Å². The summed E-state index contributed by atoms with van der Waals surface area (Å²) in [7, 11) is 0. The van der Waals surface area contributed by atoms with Crippen molar-refractivity contribution in [1.29, 1.82) is 0 Å². The summed E-state index contributed by atoms with van der Waals surface area (Å²) in [5, 5.41) is 5.54. The van der Waals surface area contributed by atoms with Crippen molar-refractivity contribution in [3.63, 3.8) is 0 Å². The van der Waals surface area contributed by atoms with Crippen molar-refractivity contribution in [2.75, 3.05) is 6.61 Å². The summed E-state index contributed by atoms with van der Waals surface area (Å²) in [4.78, 5) is 28.1. The van der Waals surface area contributed by atoms with Crippen LogP contribution in [0.4, 0.5) is 0 Å². The minimum absolute atomic E-state index is 0.0529. The number of aryl methyl sites for hydroxylation is 1. The topological polar surface area (TPSA) is 64.4 Å². The Kier molecular flexibility index (Phi) is 6.37. The number of carbonyl (C=O) groups is 2. The molecule has 154 valence electrons. The first-order valence-electron chi connectivity index (χ1n) is 9.77. The molecule has 0 unspecified atom stereocenters. The second-order valence-corrected chi connectivity index (χ2v) is 8.65. The molecular weight excluding hydrogens is 386 g/mol. The highest BCUT2D eigenvalue weighted by molar-refractivity contribution is 7.20. The molecule has 3 aromatic rings. The molecule has 29 heavy (non-hydrogen) atoms. The SMILES string of the molecule is Cc1nn(Cc2ccccc2)c2sc(C(=O)OCC(=O)N(C(C)C)C(C)C)cc12. The van der Waals surface area contributed by atoms with Gasteiger partial charge in [0.15, 0.2) is 6.61 Å². The maximum Gasteiger partial charge on any atom is 0.348 e. The van der Waals surface area contributed by atoms with E-state index in [1.54, 1.807) is 11.0 Å². The first-order valence-corrected chi connectivity index (χ1v) is 10.6. The Hall–Kier alpha value is -2.67. The van der Waals surface area contributed by atoms with E-state index in [0.717, 1.165) is 21.5 Å². The van der Waals surface area contributed by atoms with Gasteiger partial charge in [0.1, 0.15) is 9.71 Å². The van der Waals surface area contributed by atoms with Crippen LogP contribution in [0.3, 0.4) is 0 Å². The van der Waals surface area contributed by atoms with Crippen LogP contribution in [0.1, 0.15) is 48.6 Å². The monoisotopic (exact) mass is 413 g/mol. The van der Waals surface area contributed by atoms with Gasteiger partial charge in [0.05, 0.1) is 12.2 Å². The molecule has 0 saturated carbocycles. The van der Waals surface area contributed by atoms with Crippen molar-refractivity contribution in [2.24, 2.45) is 0 Å². The van der Waals surface area contributed by atoms with E-state index in [4.69, 9.17) is 4.74 Å². The lowest BCUT2D eigenvalue weighted by atomic mass is 10.2. The highest BCUT2D eigenvalue weighted by Gasteiger charge is 2.23. The Labute approximate surface area is 175 Å². The van der Waals surface area contributed by atoms with Crippen LogP contribution in [0.25, 0.3) is 10.2 Å². The number of rotatable bonds is 7. The first kappa shape index (κ1) is 21.0. The lowest BCUT2D eigenvalue weighted by Gasteiger charge is -2.30. The van der Waals surface area contributed by atoms with Gasteiger partial charge in [-0.2, -0.15) is 5.10 Å². The number of fused-ring (bicyclic) bond motifs is 1. The minimum atomic E-state index is -0.474. The Balaban J connectivity index is 1.74. The molecule has 6 nitrogen and oxygen atoms in total. The van der Waals surface area contributed by atoms with Gasteiger partial charge >= 0.3 is 5.97 Å². The largest absolute Gasteiger partial charge is 0.451 e. The fraction of sp³-hybridized carbons (Fsp3) is 0.409. The molecule has 0 atom stereocenters. The molecule has 1 aromatic carbocycles. The van der Waals surface area contributed by atoms with E-state index in [-0.39, 0.29) is 24.6 Å². The number of carbonyl (C=O) groups excluding carboxylic acids is 2. The summed E-state index contributed by atoms with van der Waals surface area (Å²) in [6, 6.07) is 12.0. The molecule has 0 bridgehead atoms. The quantitative estimate of drug-likeness (QED) is 0.543. The third-order valence-corrected chi connectivity index (χ3v) is 5.84. The molecule has 0 saturated heterocycles. The summed E-state index contributed by atoms with van der Waals surface area (Å²) < 4.78 is 7.23. The van der Waals surface area contributed by atoms with E-state index >= 15 is 0 Å². The Morgan fingerprint density at radius 2 is 1.79 bits per heavy atom. The zero-order chi connectivity index (χ0) is 21.1. The number of ether oxygens (including phenoxy) is 1. The maximum atomic E-state index is 12.5. The predicted octanol–water partition coefficient (Wildman–Crippen LogP) is 4.26. The van der Waals surface area contributed by atoms with Gasteiger partial charge in [0.25, 0.3) is 5.91 Å². The number of hydrogen-bond donors (Lipinski definition) is 0. The van der Waals surface area contributed by atoms with Crippen molar-refractivity contribution in [1.82, 2.24) is 14.7 Å². The first-order chi connectivity index (χ1) is 13.8. The minimum Gasteiger partial charge on any atom is -0.451 e. The van der Waals surface area contributed by atoms with Gasteiger partial charge in [-0.15, -0.1) is 11.3 Å². The fourth-order valence-electron chi connectivity index (χ4n) is 3.52. The van der Waals surface area contributed by atoms with Crippen LogP contribution in [0, 0.1) is 6.92 Å². The maximum absolute atomic E-state index is 12.5. The molecule has 7 heteroatoms. The fourth-order valence-corrected chi connectivity index (χ4v) is 4.58. The molecule has 2 heterocycles. The molecular formula is C22H27N3O3S. The molecule has 0 aliphatic carbocycles. The van der Waals surface area contributed by atoms with Gasteiger partial charge in [0.2, 0.25) is 0 Å². The summed E-state index contributed by atoms with van der Waals surface area (Å²) in [6.07, 6.45) is 0. The molecule has 1 amide bonds. The van der Waals surface area contributed by atoms with E-state index < -0.39 is 5.97 Å². The second kappa shape index (κ2) is 8.78. The zero-order valence-corrected chi connectivity index (χ0v) is 18.3. The third-order valence-electron chi connectivity index (χ3n) is 4.71. The van der Waals surface area contributed by atoms with Gasteiger partial charge in [0, 0.05) is 17.5 Å². The van der Waals surface area contributed by atoms with E-state index in [9.17, 15) is 9.59 Å². The number of esters is 1. The summed E-state index contributed by atoms with van der Waals surface area (Å²) in [6.45, 7) is 10.1. The smallest absolute Gasteiger partial charge is 0.348 e. The van der Waals surface area contributed by atoms with Crippen molar-refractivity contribution >= 4 is 33.4 Å². The zero-order valence-electron chi connectivity index (χ0n) is 17.5. The summed E-state index contributed by atoms with van der Waals surface area (Å²) >= 11 is 1.35. The summed E-state index contributed by atoms with van der Waals surface area (Å²) in [5.74, 6) is -0.659. The molecule has 2 aromatic heterocycles. The number of benzene rings is 1. The summed E-state index contributed by atoms with van der Waals surface area (Å²) in [5.41, 5.74) is 2.01. The number of thiophene rings is 1.